The summed E-state index contributed by atoms with van der Waals surface area (Å²) in [4.78, 5) is 18.5. The van der Waals surface area contributed by atoms with Crippen LogP contribution in [0.15, 0.2) is 48.7 Å². The monoisotopic (exact) mass is 507 g/mol. The molecule has 11 heteroatoms. The topological polar surface area (TPSA) is 85.5 Å². The molecule has 0 aliphatic carbocycles. The number of anilines is 1. The number of methoxy groups -OCH3 is 1. The first kappa shape index (κ1) is 26.1. The molecule has 2 N–H and O–H groups in total. The van der Waals surface area contributed by atoms with Crippen LogP contribution in [-0.2, 0) is 20.4 Å². The van der Waals surface area contributed by atoms with Crippen LogP contribution >= 0.6 is 11.6 Å². The van der Waals surface area contributed by atoms with Crippen LogP contribution in [-0.4, -0.2) is 49.4 Å². The van der Waals surface area contributed by atoms with Gasteiger partial charge in [-0.1, -0.05) is 17.5 Å². The number of aromatic nitrogens is 2. The van der Waals surface area contributed by atoms with Crippen molar-refractivity contribution in [2.75, 3.05) is 38.9 Å². The Balaban J connectivity index is 1.79. The van der Waals surface area contributed by atoms with Crippen LogP contribution in [0.3, 0.4) is 0 Å². The number of carbonyl (C=O) groups is 1. The van der Waals surface area contributed by atoms with Gasteiger partial charge in [0, 0.05) is 29.2 Å². The Hall–Kier alpha value is -3.52. The number of rotatable bonds is 9. The number of H-pyrrole nitrogens is 1. The Morgan fingerprint density at radius 2 is 1.86 bits per heavy atom. The van der Waals surface area contributed by atoms with E-state index in [2.05, 4.69) is 27.1 Å². The third-order valence-corrected chi connectivity index (χ3v) is 4.72. The van der Waals surface area contributed by atoms with Gasteiger partial charge in [0.25, 0.3) is 0 Å². The van der Waals surface area contributed by atoms with Crippen molar-refractivity contribution in [2.45, 2.75) is 6.18 Å². The number of ether oxygens (including phenoxy) is 3. The molecule has 1 heterocycles. The Morgan fingerprint density at radius 1 is 1.11 bits per heavy atom. The van der Waals surface area contributed by atoms with E-state index in [-0.39, 0.29) is 30.5 Å². The maximum Gasteiger partial charge on any atom is 0.432 e. The number of nitrogens with zero attached hydrogens (tertiary/aromatic N) is 1. The number of halogens is 4. The van der Waals surface area contributed by atoms with Crippen molar-refractivity contribution in [1.82, 2.24) is 9.97 Å². The van der Waals surface area contributed by atoms with E-state index in [9.17, 15) is 18.0 Å². The van der Waals surface area contributed by atoms with Gasteiger partial charge < -0.3 is 24.5 Å². The van der Waals surface area contributed by atoms with Gasteiger partial charge in [0.2, 0.25) is 0 Å². The van der Waals surface area contributed by atoms with Crippen LogP contribution < -0.4 is 10.1 Å². The second-order valence-corrected chi connectivity index (χ2v) is 7.46. The van der Waals surface area contributed by atoms with Crippen LogP contribution in [0.4, 0.5) is 18.9 Å². The zero-order chi connectivity index (χ0) is 25.3. The zero-order valence-corrected chi connectivity index (χ0v) is 19.3. The first-order valence-corrected chi connectivity index (χ1v) is 10.7. The lowest BCUT2D eigenvalue weighted by molar-refractivity contribution is -0.140. The smallest absolute Gasteiger partial charge is 0.432 e. The van der Waals surface area contributed by atoms with E-state index in [1.165, 1.54) is 18.2 Å². The van der Waals surface area contributed by atoms with E-state index in [0.29, 0.717) is 35.6 Å². The molecule has 0 saturated heterocycles. The number of aromatic amines is 1. The third-order valence-electron chi connectivity index (χ3n) is 4.46. The van der Waals surface area contributed by atoms with Gasteiger partial charge in [0.1, 0.15) is 23.9 Å². The average Bonchev–Trinajstić information content (AvgIpc) is 3.33. The van der Waals surface area contributed by atoms with Crippen molar-refractivity contribution in [3.05, 3.63) is 64.9 Å². The summed E-state index contributed by atoms with van der Waals surface area (Å²) in [6.45, 7) is 1.26. The van der Waals surface area contributed by atoms with Crippen molar-refractivity contribution in [3.63, 3.8) is 0 Å². The van der Waals surface area contributed by atoms with Crippen molar-refractivity contribution < 1.29 is 32.2 Å². The molecule has 0 bridgehead atoms. The van der Waals surface area contributed by atoms with Crippen molar-refractivity contribution in [2.24, 2.45) is 0 Å². The fraction of sp³-hybridized carbons (Fsp3) is 0.250. The number of benzene rings is 2. The molecule has 0 fully saturated rings. The zero-order valence-electron chi connectivity index (χ0n) is 18.5. The summed E-state index contributed by atoms with van der Waals surface area (Å²) in [5.41, 5.74) is 0.114. The number of nitrogens with one attached hydrogen (secondary N) is 2. The summed E-state index contributed by atoms with van der Waals surface area (Å²) in [6.07, 6.45) is -3.86. The van der Waals surface area contributed by atoms with Crippen molar-refractivity contribution in [3.8, 4) is 29.0 Å². The van der Waals surface area contributed by atoms with Crippen LogP contribution in [0.25, 0.3) is 11.4 Å². The molecule has 35 heavy (non-hydrogen) atoms. The fourth-order valence-corrected chi connectivity index (χ4v) is 2.91. The first-order chi connectivity index (χ1) is 16.8. The lowest BCUT2D eigenvalue weighted by Gasteiger charge is -2.13. The molecule has 184 valence electrons. The number of carbonyl (C=O) groups excluding carboxylic acids is 1. The highest BCUT2D eigenvalue weighted by Crippen LogP contribution is 2.32. The van der Waals surface area contributed by atoms with E-state index in [1.54, 1.807) is 31.4 Å². The van der Waals surface area contributed by atoms with Crippen molar-refractivity contribution in [1.29, 1.82) is 0 Å². The minimum Gasteiger partial charge on any atom is -0.489 e. The molecule has 3 aromatic rings. The molecule has 0 radical (unpaired) electrons. The summed E-state index contributed by atoms with van der Waals surface area (Å²) >= 11 is 5.84. The average molecular weight is 508 g/mol. The summed E-state index contributed by atoms with van der Waals surface area (Å²) in [6, 6.07) is 11.1. The molecule has 0 atom stereocenters. The first-order valence-electron chi connectivity index (χ1n) is 10.3. The summed E-state index contributed by atoms with van der Waals surface area (Å²) in [5.74, 6) is 4.79. The van der Waals surface area contributed by atoms with Gasteiger partial charge in [-0.15, -0.1) is 0 Å². The van der Waals surface area contributed by atoms with E-state index in [1.807, 2.05) is 0 Å². The minimum atomic E-state index is -4.56. The van der Waals surface area contributed by atoms with Gasteiger partial charge >= 0.3 is 12.1 Å². The molecule has 0 spiro atoms. The standard InChI is InChI=1S/C24H21ClF3N3O4/c1-33-10-11-34-12-13-35-20-8-5-17(23-29-15-21(31-23)24(26,27)28)14-19(20)30-22(32)9-4-16-2-6-18(25)7-3-16/h2-3,5-8,14-15H,10-13H2,1H3,(H,29,31)(H,30,32). The number of hydrogen-bond donors (Lipinski definition) is 2. The molecule has 1 amide bonds. The van der Waals surface area contributed by atoms with E-state index in [0.717, 1.165) is 0 Å². The normalized spacial score (nSPS) is 11.0. The Labute approximate surface area is 204 Å². The number of amides is 1. The summed E-state index contributed by atoms with van der Waals surface area (Å²) in [5, 5.41) is 3.15. The van der Waals surface area contributed by atoms with Crippen LogP contribution in [0.1, 0.15) is 11.3 Å². The van der Waals surface area contributed by atoms with E-state index in [4.69, 9.17) is 25.8 Å². The predicted octanol–water partition coefficient (Wildman–Crippen LogP) is 4.78. The second kappa shape index (κ2) is 12.3. The molecule has 0 aliphatic heterocycles. The molecular weight excluding hydrogens is 487 g/mol. The summed E-state index contributed by atoms with van der Waals surface area (Å²) < 4.78 is 54.8. The molecule has 0 saturated carbocycles. The van der Waals surface area contributed by atoms with E-state index >= 15 is 0 Å². The van der Waals surface area contributed by atoms with Crippen LogP contribution in [0, 0.1) is 11.8 Å². The maximum absolute atomic E-state index is 12.9. The van der Waals surface area contributed by atoms with Gasteiger partial charge in [-0.25, -0.2) is 4.98 Å². The van der Waals surface area contributed by atoms with E-state index < -0.39 is 17.8 Å². The van der Waals surface area contributed by atoms with Gasteiger partial charge in [0.05, 0.1) is 31.7 Å². The second-order valence-electron chi connectivity index (χ2n) is 7.02. The molecule has 7 nitrogen and oxygen atoms in total. The fourth-order valence-electron chi connectivity index (χ4n) is 2.78. The summed E-state index contributed by atoms with van der Waals surface area (Å²) in [7, 11) is 1.56. The SMILES string of the molecule is COCCOCCOc1ccc(-c2ncc(C(F)(F)F)[nH]2)cc1NC(=O)C#Cc1ccc(Cl)cc1. The Morgan fingerprint density at radius 3 is 2.54 bits per heavy atom. The van der Waals surface area contributed by atoms with Gasteiger partial charge in [-0.3, -0.25) is 4.79 Å². The molecule has 2 aromatic carbocycles. The number of imidazole rings is 1. The Kier molecular flexibility index (Phi) is 9.14. The third kappa shape index (κ3) is 8.03. The van der Waals surface area contributed by atoms with Gasteiger partial charge in [0.15, 0.2) is 0 Å². The highest BCUT2D eigenvalue weighted by molar-refractivity contribution is 6.30. The predicted molar refractivity (Wildman–Crippen MR) is 124 cm³/mol. The number of hydrogen-bond acceptors (Lipinski definition) is 5. The maximum atomic E-state index is 12.9. The van der Waals surface area contributed by atoms with Crippen molar-refractivity contribution >= 4 is 23.2 Å². The molecule has 0 aliphatic rings. The highest BCUT2D eigenvalue weighted by atomic mass is 35.5. The minimum absolute atomic E-state index is 0.0190. The lowest BCUT2D eigenvalue weighted by atomic mass is 10.1. The largest absolute Gasteiger partial charge is 0.489 e. The highest BCUT2D eigenvalue weighted by Gasteiger charge is 2.33. The van der Waals surface area contributed by atoms with Gasteiger partial charge in [-0.2, -0.15) is 13.2 Å². The Bertz CT molecular complexity index is 1200. The molecular formula is C24H21ClF3N3O4. The molecule has 0 unspecified atom stereocenters. The molecule has 1 aromatic heterocycles. The lowest BCUT2D eigenvalue weighted by Crippen LogP contribution is -2.13. The van der Waals surface area contributed by atoms with Crippen LogP contribution in [0.5, 0.6) is 5.75 Å². The van der Waals surface area contributed by atoms with Gasteiger partial charge in [-0.05, 0) is 42.5 Å². The van der Waals surface area contributed by atoms with Crippen LogP contribution in [0.2, 0.25) is 5.02 Å². The quantitative estimate of drug-likeness (QED) is 0.321. The molecule has 3 rings (SSSR count). The number of alkyl halides is 3.